The summed E-state index contributed by atoms with van der Waals surface area (Å²) in [7, 11) is 0. The number of nitrogens with two attached hydrogens (primary N) is 1. The molecule has 18 heavy (non-hydrogen) atoms. The molecule has 0 unspecified atom stereocenters. The van der Waals surface area contributed by atoms with E-state index in [1.807, 2.05) is 24.0 Å². The average Bonchev–Trinajstić information content (AvgIpc) is 2.70. The summed E-state index contributed by atoms with van der Waals surface area (Å²) < 4.78 is 5.67. The van der Waals surface area contributed by atoms with Gasteiger partial charge in [0.25, 0.3) is 6.01 Å². The van der Waals surface area contributed by atoms with Crippen molar-refractivity contribution < 1.29 is 9.52 Å². The summed E-state index contributed by atoms with van der Waals surface area (Å²) in [6.07, 6.45) is 0. The highest BCUT2D eigenvalue weighted by molar-refractivity contribution is 5.86. The number of anilines is 2. The quantitative estimate of drug-likeness (QED) is 0.811. The van der Waals surface area contributed by atoms with Crippen molar-refractivity contribution in [2.75, 3.05) is 23.7 Å². The van der Waals surface area contributed by atoms with Crippen molar-refractivity contribution in [3.8, 4) is 0 Å². The lowest BCUT2D eigenvalue weighted by Crippen LogP contribution is -2.38. The average molecular weight is 249 g/mol. The molecule has 2 rings (SSSR count). The van der Waals surface area contributed by atoms with Crippen LogP contribution in [-0.4, -0.2) is 28.8 Å². The number of benzene rings is 1. The molecule has 0 saturated carbocycles. The Bertz CT molecular complexity index is 543. The van der Waals surface area contributed by atoms with Gasteiger partial charge in [0.1, 0.15) is 5.52 Å². The first-order chi connectivity index (χ1) is 8.40. The number of oxazole rings is 1. The highest BCUT2D eigenvalue weighted by atomic mass is 16.4. The zero-order chi connectivity index (χ0) is 13.3. The Morgan fingerprint density at radius 2 is 2.17 bits per heavy atom. The van der Waals surface area contributed by atoms with Crippen molar-refractivity contribution in [2.45, 2.75) is 26.4 Å². The summed E-state index contributed by atoms with van der Waals surface area (Å²) in [5, 5.41) is 9.87. The lowest BCUT2D eigenvalue weighted by Gasteiger charge is -2.26. The van der Waals surface area contributed by atoms with Crippen LogP contribution < -0.4 is 10.6 Å². The van der Waals surface area contributed by atoms with Crippen molar-refractivity contribution in [1.29, 1.82) is 0 Å². The maximum absolute atomic E-state index is 9.87. The zero-order valence-electron chi connectivity index (χ0n) is 11.0. The van der Waals surface area contributed by atoms with Gasteiger partial charge in [-0.15, -0.1) is 0 Å². The maximum atomic E-state index is 9.87. The van der Waals surface area contributed by atoms with Crippen LogP contribution in [0.15, 0.2) is 22.6 Å². The van der Waals surface area contributed by atoms with Gasteiger partial charge in [-0.05, 0) is 32.9 Å². The molecule has 0 bridgehead atoms. The van der Waals surface area contributed by atoms with E-state index in [-0.39, 0.29) is 0 Å². The number of hydrogen-bond acceptors (Lipinski definition) is 5. The summed E-state index contributed by atoms with van der Waals surface area (Å²) in [6, 6.07) is 5.95. The topological polar surface area (TPSA) is 75.5 Å². The molecule has 5 nitrogen and oxygen atoms in total. The molecule has 5 heteroatoms. The molecule has 3 N–H and O–H groups in total. The molecule has 1 heterocycles. The van der Waals surface area contributed by atoms with Gasteiger partial charge in [0, 0.05) is 6.54 Å². The fourth-order valence-corrected chi connectivity index (χ4v) is 1.88. The fraction of sp³-hybridized carbons (Fsp3) is 0.462. The number of nitrogens with zero attached hydrogens (tertiary/aromatic N) is 2. The monoisotopic (exact) mass is 249 g/mol. The molecule has 0 aliphatic heterocycles. The number of para-hydroxylation sites is 1. The molecule has 98 valence electrons. The van der Waals surface area contributed by atoms with Gasteiger partial charge >= 0.3 is 0 Å². The van der Waals surface area contributed by atoms with Crippen LogP contribution in [0.2, 0.25) is 0 Å². The minimum Gasteiger partial charge on any atom is -0.423 e. The van der Waals surface area contributed by atoms with Gasteiger partial charge in [0.2, 0.25) is 0 Å². The van der Waals surface area contributed by atoms with Crippen molar-refractivity contribution in [3.05, 3.63) is 18.2 Å². The molecule has 0 fully saturated rings. The molecule has 0 saturated heterocycles. The van der Waals surface area contributed by atoms with Crippen molar-refractivity contribution in [3.63, 3.8) is 0 Å². The van der Waals surface area contributed by atoms with Crippen LogP contribution in [-0.2, 0) is 0 Å². The minimum atomic E-state index is -0.803. The summed E-state index contributed by atoms with van der Waals surface area (Å²) in [4.78, 5) is 6.28. The minimum absolute atomic E-state index is 0.455. The van der Waals surface area contributed by atoms with E-state index in [9.17, 15) is 5.11 Å². The summed E-state index contributed by atoms with van der Waals surface area (Å²) >= 11 is 0. The standard InChI is InChI=1S/C13H19N3O2/c1-4-16(8-13(2,3)17)12-15-11-9(14)6-5-7-10(11)18-12/h5-7,17H,4,8,14H2,1-3H3. The Hall–Kier alpha value is -1.75. The summed E-state index contributed by atoms with van der Waals surface area (Å²) in [5.74, 6) is 0. The van der Waals surface area contributed by atoms with E-state index in [0.717, 1.165) is 0 Å². The lowest BCUT2D eigenvalue weighted by atomic mass is 10.1. The Balaban J connectivity index is 2.37. The molecular weight excluding hydrogens is 230 g/mol. The van der Waals surface area contributed by atoms with Gasteiger partial charge < -0.3 is 20.2 Å². The number of hydrogen-bond donors (Lipinski definition) is 2. The second kappa shape index (κ2) is 4.49. The fourth-order valence-electron chi connectivity index (χ4n) is 1.88. The van der Waals surface area contributed by atoms with E-state index in [4.69, 9.17) is 10.2 Å². The first-order valence-corrected chi connectivity index (χ1v) is 6.03. The maximum Gasteiger partial charge on any atom is 0.298 e. The third kappa shape index (κ3) is 2.56. The highest BCUT2D eigenvalue weighted by Gasteiger charge is 2.21. The normalized spacial score (nSPS) is 12.0. The van der Waals surface area contributed by atoms with E-state index < -0.39 is 5.60 Å². The van der Waals surface area contributed by atoms with E-state index in [2.05, 4.69) is 4.98 Å². The van der Waals surface area contributed by atoms with E-state index >= 15 is 0 Å². The third-order valence-electron chi connectivity index (χ3n) is 2.67. The van der Waals surface area contributed by atoms with E-state index in [1.165, 1.54) is 0 Å². The van der Waals surface area contributed by atoms with Crippen molar-refractivity contribution >= 4 is 22.8 Å². The second-order valence-corrected chi connectivity index (χ2v) is 5.02. The van der Waals surface area contributed by atoms with E-state index in [0.29, 0.717) is 35.9 Å². The number of nitrogen functional groups attached to an aromatic ring is 1. The second-order valence-electron chi connectivity index (χ2n) is 5.02. The van der Waals surface area contributed by atoms with Gasteiger partial charge in [0.05, 0.1) is 17.8 Å². The molecule has 1 aromatic heterocycles. The predicted molar refractivity (Wildman–Crippen MR) is 72.6 cm³/mol. The Morgan fingerprint density at radius 3 is 2.72 bits per heavy atom. The Labute approximate surface area is 106 Å². The van der Waals surface area contributed by atoms with E-state index in [1.54, 1.807) is 19.9 Å². The van der Waals surface area contributed by atoms with Gasteiger partial charge in [-0.25, -0.2) is 0 Å². The number of fused-ring (bicyclic) bond motifs is 1. The predicted octanol–water partition coefficient (Wildman–Crippen LogP) is 2.01. The number of aliphatic hydroxyl groups is 1. The van der Waals surface area contributed by atoms with Crippen LogP contribution in [0.25, 0.3) is 11.1 Å². The molecule has 2 aromatic rings. The number of rotatable bonds is 4. The van der Waals surface area contributed by atoms with Gasteiger partial charge in [0.15, 0.2) is 5.58 Å². The van der Waals surface area contributed by atoms with Crippen LogP contribution in [0.4, 0.5) is 11.7 Å². The molecule has 0 aliphatic carbocycles. The highest BCUT2D eigenvalue weighted by Crippen LogP contribution is 2.26. The smallest absolute Gasteiger partial charge is 0.298 e. The molecular formula is C13H19N3O2. The van der Waals surface area contributed by atoms with Crippen LogP contribution in [0.3, 0.4) is 0 Å². The zero-order valence-corrected chi connectivity index (χ0v) is 11.0. The third-order valence-corrected chi connectivity index (χ3v) is 2.67. The van der Waals surface area contributed by atoms with Gasteiger partial charge in [-0.1, -0.05) is 6.07 Å². The number of likely N-dealkylation sites (N-methyl/N-ethyl adjacent to an activating group) is 1. The molecule has 0 aliphatic rings. The van der Waals surface area contributed by atoms with Crippen LogP contribution in [0, 0.1) is 0 Å². The molecule has 0 spiro atoms. The summed E-state index contributed by atoms with van der Waals surface area (Å²) in [5.41, 5.74) is 6.98. The van der Waals surface area contributed by atoms with Crippen molar-refractivity contribution in [2.24, 2.45) is 0 Å². The molecule has 0 amide bonds. The SMILES string of the molecule is CCN(CC(C)(C)O)c1nc2c(N)cccc2o1. The Morgan fingerprint density at radius 1 is 1.44 bits per heavy atom. The van der Waals surface area contributed by atoms with Crippen molar-refractivity contribution in [1.82, 2.24) is 4.98 Å². The largest absolute Gasteiger partial charge is 0.423 e. The molecule has 0 atom stereocenters. The molecule has 0 radical (unpaired) electrons. The van der Waals surface area contributed by atoms with Gasteiger partial charge in [-0.3, -0.25) is 0 Å². The van der Waals surface area contributed by atoms with Crippen LogP contribution in [0.5, 0.6) is 0 Å². The Kier molecular flexibility index (Phi) is 3.17. The molecule has 1 aromatic carbocycles. The summed E-state index contributed by atoms with van der Waals surface area (Å²) in [6.45, 7) is 6.66. The van der Waals surface area contributed by atoms with Crippen LogP contribution >= 0.6 is 0 Å². The van der Waals surface area contributed by atoms with Gasteiger partial charge in [-0.2, -0.15) is 4.98 Å². The number of aromatic nitrogens is 1. The van der Waals surface area contributed by atoms with Crippen LogP contribution in [0.1, 0.15) is 20.8 Å². The first-order valence-electron chi connectivity index (χ1n) is 6.03. The lowest BCUT2D eigenvalue weighted by molar-refractivity contribution is 0.0865. The first kappa shape index (κ1) is 12.7.